The number of ether oxygens (including phenoxy) is 2. The summed E-state index contributed by atoms with van der Waals surface area (Å²) in [7, 11) is 3.11. The van der Waals surface area contributed by atoms with Crippen molar-refractivity contribution >= 4 is 34.8 Å². The van der Waals surface area contributed by atoms with Crippen LogP contribution < -0.4 is 20.5 Å². The van der Waals surface area contributed by atoms with E-state index >= 15 is 0 Å². The molecule has 1 amide bonds. The Balaban J connectivity index is 1.52. The van der Waals surface area contributed by atoms with Crippen LogP contribution in [-0.4, -0.2) is 41.6 Å². The number of aryl methyl sites for hydroxylation is 1. The van der Waals surface area contributed by atoms with Crippen LogP contribution in [0.4, 0.5) is 0 Å². The first-order chi connectivity index (χ1) is 17.0. The maximum atomic E-state index is 13.3. The van der Waals surface area contributed by atoms with Gasteiger partial charge in [0, 0.05) is 0 Å². The van der Waals surface area contributed by atoms with E-state index in [1.54, 1.807) is 44.6 Å². The van der Waals surface area contributed by atoms with Crippen LogP contribution in [0.2, 0.25) is 0 Å². The monoisotopic (exact) mass is 488 g/mol. The second-order valence-electron chi connectivity index (χ2n) is 7.58. The number of thioether (sulfide) groups is 1. The lowest BCUT2D eigenvalue weighted by Crippen LogP contribution is -2.24. The third-order valence-electron chi connectivity index (χ3n) is 5.18. The number of carbonyl (C=O) groups excluding carboxylic acids is 1. The number of hydrazone groups is 1. The van der Waals surface area contributed by atoms with Crippen LogP contribution in [0.3, 0.4) is 0 Å². The van der Waals surface area contributed by atoms with Gasteiger partial charge < -0.3 is 9.47 Å². The van der Waals surface area contributed by atoms with Crippen molar-refractivity contribution in [2.24, 2.45) is 5.10 Å². The Kier molecular flexibility index (Phi) is 7.47. The summed E-state index contributed by atoms with van der Waals surface area (Å²) in [5.41, 5.74) is 5.41. The van der Waals surface area contributed by atoms with Gasteiger partial charge in [-0.1, -0.05) is 41.6 Å². The number of fused-ring (bicyclic) bond motifs is 1. The molecule has 0 aliphatic heterocycles. The third-order valence-corrected chi connectivity index (χ3v) is 6.12. The minimum absolute atomic E-state index is 0.0277. The summed E-state index contributed by atoms with van der Waals surface area (Å²) in [4.78, 5) is 30.4. The zero-order valence-electron chi connectivity index (χ0n) is 19.5. The Morgan fingerprint density at radius 3 is 2.54 bits per heavy atom. The fourth-order valence-electron chi connectivity index (χ4n) is 3.40. The molecule has 0 unspecified atom stereocenters. The molecular formula is C26H24N4O4S. The molecule has 0 spiro atoms. The van der Waals surface area contributed by atoms with E-state index in [0.29, 0.717) is 33.2 Å². The quantitative estimate of drug-likeness (QED) is 0.175. The number of carbonyl (C=O) groups is 1. The van der Waals surface area contributed by atoms with E-state index in [0.717, 1.165) is 11.1 Å². The number of benzene rings is 3. The molecule has 9 heteroatoms. The normalized spacial score (nSPS) is 11.1. The number of hydrogen-bond donors (Lipinski definition) is 1. The molecule has 3 aromatic carbocycles. The first-order valence-electron chi connectivity index (χ1n) is 10.8. The molecule has 1 N–H and O–H groups in total. The van der Waals surface area contributed by atoms with Gasteiger partial charge in [0.1, 0.15) is 0 Å². The molecule has 0 aliphatic rings. The smallest absolute Gasteiger partial charge is 0.266 e. The maximum Gasteiger partial charge on any atom is 0.266 e. The summed E-state index contributed by atoms with van der Waals surface area (Å²) in [6.45, 7) is 1.98. The topological polar surface area (TPSA) is 94.8 Å². The summed E-state index contributed by atoms with van der Waals surface area (Å²) >= 11 is 1.17. The summed E-state index contributed by atoms with van der Waals surface area (Å²) in [5.74, 6) is 0.867. The summed E-state index contributed by atoms with van der Waals surface area (Å²) < 4.78 is 12.0. The molecule has 4 aromatic rings. The van der Waals surface area contributed by atoms with Crippen molar-refractivity contribution in [3.63, 3.8) is 0 Å². The Morgan fingerprint density at radius 2 is 1.80 bits per heavy atom. The lowest BCUT2D eigenvalue weighted by Gasteiger charge is -2.13. The molecule has 0 bridgehead atoms. The Bertz CT molecular complexity index is 1450. The Labute approximate surface area is 206 Å². The van der Waals surface area contributed by atoms with Gasteiger partial charge in [0.15, 0.2) is 16.7 Å². The van der Waals surface area contributed by atoms with Gasteiger partial charge in [0.25, 0.3) is 11.5 Å². The molecule has 178 valence electrons. The van der Waals surface area contributed by atoms with E-state index in [4.69, 9.17) is 9.47 Å². The lowest BCUT2D eigenvalue weighted by atomic mass is 10.2. The molecule has 1 aromatic heterocycles. The molecule has 4 rings (SSSR count). The number of nitrogens with one attached hydrogen (secondary N) is 1. The van der Waals surface area contributed by atoms with E-state index in [9.17, 15) is 9.59 Å². The van der Waals surface area contributed by atoms with Crippen molar-refractivity contribution in [1.82, 2.24) is 15.0 Å². The van der Waals surface area contributed by atoms with Crippen LogP contribution in [0.15, 0.2) is 81.8 Å². The van der Waals surface area contributed by atoms with Gasteiger partial charge in [-0.15, -0.1) is 0 Å². The minimum atomic E-state index is -0.329. The minimum Gasteiger partial charge on any atom is -0.493 e. The number of nitrogens with zero attached hydrogens (tertiary/aromatic N) is 3. The molecule has 0 fully saturated rings. The first-order valence-corrected chi connectivity index (χ1v) is 11.7. The van der Waals surface area contributed by atoms with Crippen LogP contribution in [0, 0.1) is 6.92 Å². The largest absolute Gasteiger partial charge is 0.493 e. The Morgan fingerprint density at radius 1 is 1.06 bits per heavy atom. The van der Waals surface area contributed by atoms with Crippen molar-refractivity contribution in [3.8, 4) is 17.2 Å². The zero-order valence-corrected chi connectivity index (χ0v) is 20.3. The number of rotatable bonds is 8. The van der Waals surface area contributed by atoms with Crippen molar-refractivity contribution < 1.29 is 14.3 Å². The average Bonchev–Trinajstić information content (AvgIpc) is 2.88. The standard InChI is InChI=1S/C26H24N4O4S/c1-17-8-11-19(12-9-17)30-25(32)20-6-4-5-7-21(20)28-26(30)35-16-24(31)29-27-15-18-10-13-22(33-2)23(14-18)34-3/h4-15H,16H2,1-3H3,(H,29,31). The number of aromatic nitrogens is 2. The van der Waals surface area contributed by atoms with Gasteiger partial charge in [0.05, 0.1) is 42.8 Å². The van der Waals surface area contributed by atoms with Crippen LogP contribution >= 0.6 is 11.8 Å². The molecule has 1 heterocycles. The summed E-state index contributed by atoms with van der Waals surface area (Å²) in [5, 5.41) is 4.96. The highest BCUT2D eigenvalue weighted by Gasteiger charge is 2.14. The van der Waals surface area contributed by atoms with Crippen molar-refractivity contribution in [2.75, 3.05) is 20.0 Å². The van der Waals surface area contributed by atoms with Crippen LogP contribution in [0.25, 0.3) is 16.6 Å². The van der Waals surface area contributed by atoms with E-state index in [1.165, 1.54) is 22.5 Å². The van der Waals surface area contributed by atoms with Gasteiger partial charge >= 0.3 is 0 Å². The second kappa shape index (κ2) is 10.9. The number of amides is 1. The first kappa shape index (κ1) is 24.0. The third kappa shape index (κ3) is 5.52. The molecular weight excluding hydrogens is 464 g/mol. The van der Waals surface area contributed by atoms with Gasteiger partial charge in [-0.3, -0.25) is 14.2 Å². The van der Waals surface area contributed by atoms with Gasteiger partial charge in [-0.05, 0) is 55.0 Å². The second-order valence-corrected chi connectivity index (χ2v) is 8.53. The average molecular weight is 489 g/mol. The SMILES string of the molecule is COc1ccc(C=NNC(=O)CSc2nc3ccccc3c(=O)n2-c2ccc(C)cc2)cc1OC. The molecule has 0 saturated carbocycles. The van der Waals surface area contributed by atoms with E-state index in [-0.39, 0.29) is 17.2 Å². The molecule has 8 nitrogen and oxygen atoms in total. The zero-order chi connectivity index (χ0) is 24.8. The summed E-state index contributed by atoms with van der Waals surface area (Å²) in [6, 6.07) is 20.1. The summed E-state index contributed by atoms with van der Waals surface area (Å²) in [6.07, 6.45) is 1.51. The van der Waals surface area contributed by atoms with Gasteiger partial charge in [0.2, 0.25) is 0 Å². The van der Waals surface area contributed by atoms with E-state index in [1.807, 2.05) is 43.3 Å². The van der Waals surface area contributed by atoms with Crippen LogP contribution in [-0.2, 0) is 4.79 Å². The highest BCUT2D eigenvalue weighted by Crippen LogP contribution is 2.27. The maximum absolute atomic E-state index is 13.3. The molecule has 0 saturated heterocycles. The van der Waals surface area contributed by atoms with Crippen molar-refractivity contribution in [2.45, 2.75) is 12.1 Å². The lowest BCUT2D eigenvalue weighted by molar-refractivity contribution is -0.118. The number of hydrogen-bond acceptors (Lipinski definition) is 7. The van der Waals surface area contributed by atoms with Crippen LogP contribution in [0.5, 0.6) is 11.5 Å². The van der Waals surface area contributed by atoms with Gasteiger partial charge in [-0.2, -0.15) is 5.10 Å². The van der Waals surface area contributed by atoms with Gasteiger partial charge in [-0.25, -0.2) is 10.4 Å². The van der Waals surface area contributed by atoms with E-state index in [2.05, 4.69) is 15.5 Å². The predicted molar refractivity (Wildman–Crippen MR) is 138 cm³/mol. The predicted octanol–water partition coefficient (Wildman–Crippen LogP) is 3.95. The number of para-hydroxylation sites is 1. The molecule has 0 aliphatic carbocycles. The Hall–Kier alpha value is -4.11. The number of methoxy groups -OCH3 is 2. The highest BCUT2D eigenvalue weighted by molar-refractivity contribution is 7.99. The molecule has 35 heavy (non-hydrogen) atoms. The highest BCUT2D eigenvalue weighted by atomic mass is 32.2. The fraction of sp³-hybridized carbons (Fsp3) is 0.154. The van der Waals surface area contributed by atoms with Crippen molar-refractivity contribution in [3.05, 3.63) is 88.2 Å². The molecule has 0 atom stereocenters. The molecule has 0 radical (unpaired) electrons. The van der Waals surface area contributed by atoms with Crippen molar-refractivity contribution in [1.29, 1.82) is 0 Å². The van der Waals surface area contributed by atoms with Crippen LogP contribution in [0.1, 0.15) is 11.1 Å². The fourth-order valence-corrected chi connectivity index (χ4v) is 4.21. The van der Waals surface area contributed by atoms with E-state index < -0.39 is 0 Å².